The molecule has 1 aromatic heterocycles. The number of aromatic nitrogens is 2. The fourth-order valence-electron chi connectivity index (χ4n) is 2.81. The Bertz CT molecular complexity index is 1220. The molecule has 1 heterocycles. The number of amides is 1. The summed E-state index contributed by atoms with van der Waals surface area (Å²) in [4.78, 5) is 16.3. The third-order valence-corrected chi connectivity index (χ3v) is 4.45. The molecule has 3 aromatic carbocycles. The number of hydrogen-bond donors (Lipinski definition) is 1. The lowest BCUT2D eigenvalue weighted by molar-refractivity contribution is -0.118. The fourth-order valence-corrected chi connectivity index (χ4v) is 2.81. The van der Waals surface area contributed by atoms with Crippen molar-refractivity contribution in [3.05, 3.63) is 78.4 Å². The summed E-state index contributed by atoms with van der Waals surface area (Å²) in [7, 11) is 1.59. The number of nitrogens with one attached hydrogen (secondary N) is 1. The number of carbonyl (C=O) groups excluding carboxylic acids is 1. The van der Waals surface area contributed by atoms with Crippen molar-refractivity contribution in [3.8, 4) is 34.3 Å². The van der Waals surface area contributed by atoms with Gasteiger partial charge in [0.15, 0.2) is 18.2 Å². The Balaban J connectivity index is 1.35. The van der Waals surface area contributed by atoms with E-state index in [-0.39, 0.29) is 12.3 Å². The van der Waals surface area contributed by atoms with Crippen LogP contribution in [0, 0.1) is 11.6 Å². The number of halogens is 2. The van der Waals surface area contributed by atoms with Gasteiger partial charge in [-0.2, -0.15) is 4.98 Å². The van der Waals surface area contributed by atoms with E-state index in [0.717, 1.165) is 23.4 Å². The molecule has 4 aromatic rings. The Morgan fingerprint density at radius 1 is 0.938 bits per heavy atom. The zero-order valence-electron chi connectivity index (χ0n) is 16.8. The van der Waals surface area contributed by atoms with Gasteiger partial charge in [-0.15, -0.1) is 0 Å². The van der Waals surface area contributed by atoms with Crippen molar-refractivity contribution in [1.82, 2.24) is 10.1 Å². The number of methoxy groups -OCH3 is 1. The number of hydrogen-bond acceptors (Lipinski definition) is 6. The van der Waals surface area contributed by atoms with Crippen LogP contribution in [-0.4, -0.2) is 29.8 Å². The predicted molar refractivity (Wildman–Crippen MR) is 112 cm³/mol. The summed E-state index contributed by atoms with van der Waals surface area (Å²) < 4.78 is 42.0. The fraction of sp³-hybridized carbons (Fsp3) is 0.0870. The minimum Gasteiger partial charge on any atom is -0.497 e. The SMILES string of the molecule is COc1ccc(-c2noc(-c3ccc(OCC(=O)Nc4ccc(F)c(F)c4)cc3)n2)cc1. The number of benzene rings is 3. The van der Waals surface area contributed by atoms with Crippen LogP contribution in [-0.2, 0) is 4.79 Å². The largest absolute Gasteiger partial charge is 0.497 e. The highest BCUT2D eigenvalue weighted by Crippen LogP contribution is 2.25. The van der Waals surface area contributed by atoms with Crippen LogP contribution in [0.5, 0.6) is 11.5 Å². The number of nitrogens with zero attached hydrogens (tertiary/aromatic N) is 2. The highest BCUT2D eigenvalue weighted by Gasteiger charge is 2.12. The molecule has 7 nitrogen and oxygen atoms in total. The van der Waals surface area contributed by atoms with Crippen molar-refractivity contribution >= 4 is 11.6 Å². The number of ether oxygens (including phenoxy) is 2. The van der Waals surface area contributed by atoms with Gasteiger partial charge in [-0.25, -0.2) is 8.78 Å². The van der Waals surface area contributed by atoms with Gasteiger partial charge in [-0.1, -0.05) is 5.16 Å². The monoisotopic (exact) mass is 437 g/mol. The molecule has 0 fully saturated rings. The summed E-state index contributed by atoms with van der Waals surface area (Å²) in [6.07, 6.45) is 0. The standard InChI is InChI=1S/C23H17F2N3O4/c1-30-17-7-2-14(3-8-17)22-27-23(32-28-22)15-4-9-18(10-5-15)31-13-21(29)26-16-6-11-19(24)20(25)12-16/h2-12H,13H2,1H3,(H,26,29). The first-order valence-corrected chi connectivity index (χ1v) is 9.48. The normalized spacial score (nSPS) is 10.6. The molecule has 0 saturated carbocycles. The Hall–Kier alpha value is -4.27. The molecule has 4 rings (SSSR count). The van der Waals surface area contributed by atoms with Crippen molar-refractivity contribution in [2.75, 3.05) is 19.0 Å². The molecule has 0 spiro atoms. The Labute approximate surface area is 181 Å². The third kappa shape index (κ3) is 4.89. The van der Waals surface area contributed by atoms with E-state index in [0.29, 0.717) is 23.0 Å². The van der Waals surface area contributed by atoms with Gasteiger partial charge < -0.3 is 19.3 Å². The Morgan fingerprint density at radius 2 is 1.62 bits per heavy atom. The van der Waals surface area contributed by atoms with E-state index < -0.39 is 17.5 Å². The lowest BCUT2D eigenvalue weighted by Crippen LogP contribution is -2.20. The van der Waals surface area contributed by atoms with Crippen LogP contribution in [0.3, 0.4) is 0 Å². The molecule has 32 heavy (non-hydrogen) atoms. The molecule has 9 heteroatoms. The van der Waals surface area contributed by atoms with E-state index in [1.165, 1.54) is 6.07 Å². The molecule has 1 N–H and O–H groups in total. The molecule has 0 unspecified atom stereocenters. The summed E-state index contributed by atoms with van der Waals surface area (Å²) in [5.41, 5.74) is 1.60. The van der Waals surface area contributed by atoms with Crippen LogP contribution in [0.4, 0.5) is 14.5 Å². The van der Waals surface area contributed by atoms with Gasteiger partial charge in [0.25, 0.3) is 11.8 Å². The van der Waals surface area contributed by atoms with Crippen LogP contribution in [0.1, 0.15) is 0 Å². The minimum atomic E-state index is -1.05. The molecule has 162 valence electrons. The second-order valence-corrected chi connectivity index (χ2v) is 6.64. The van der Waals surface area contributed by atoms with Gasteiger partial charge >= 0.3 is 0 Å². The second-order valence-electron chi connectivity index (χ2n) is 6.64. The van der Waals surface area contributed by atoms with Crippen LogP contribution in [0.25, 0.3) is 22.8 Å². The van der Waals surface area contributed by atoms with Crippen LogP contribution < -0.4 is 14.8 Å². The lowest BCUT2D eigenvalue weighted by atomic mass is 10.2. The van der Waals surface area contributed by atoms with Crippen LogP contribution in [0.2, 0.25) is 0 Å². The molecule has 0 aliphatic rings. The summed E-state index contributed by atoms with van der Waals surface area (Å²) in [6.45, 7) is -0.305. The molecule has 0 bridgehead atoms. The Kier molecular flexibility index (Phi) is 6.07. The van der Waals surface area contributed by atoms with Crippen molar-refractivity contribution in [2.24, 2.45) is 0 Å². The van der Waals surface area contributed by atoms with E-state index in [1.807, 2.05) is 12.1 Å². The summed E-state index contributed by atoms with van der Waals surface area (Å²) in [5.74, 6) is -0.612. The molecule has 1 amide bonds. The van der Waals surface area contributed by atoms with Gasteiger partial charge in [0.05, 0.1) is 7.11 Å². The van der Waals surface area contributed by atoms with Gasteiger partial charge in [0, 0.05) is 22.9 Å². The van der Waals surface area contributed by atoms with E-state index in [9.17, 15) is 13.6 Å². The number of rotatable bonds is 7. The second kappa shape index (κ2) is 9.25. The van der Waals surface area contributed by atoms with Gasteiger partial charge in [0.2, 0.25) is 5.82 Å². The zero-order chi connectivity index (χ0) is 22.5. The maximum atomic E-state index is 13.2. The summed E-state index contributed by atoms with van der Waals surface area (Å²) in [5, 5.41) is 6.42. The lowest BCUT2D eigenvalue weighted by Gasteiger charge is -2.08. The topological polar surface area (TPSA) is 86.5 Å². The molecular weight excluding hydrogens is 420 g/mol. The van der Waals surface area contributed by atoms with E-state index >= 15 is 0 Å². The zero-order valence-corrected chi connectivity index (χ0v) is 16.8. The first-order valence-electron chi connectivity index (χ1n) is 9.48. The average molecular weight is 437 g/mol. The average Bonchev–Trinajstić information content (AvgIpc) is 3.31. The van der Waals surface area contributed by atoms with Crippen molar-refractivity contribution in [1.29, 1.82) is 0 Å². The maximum absolute atomic E-state index is 13.2. The van der Waals surface area contributed by atoms with Crippen LogP contribution in [0.15, 0.2) is 71.3 Å². The van der Waals surface area contributed by atoms with Gasteiger partial charge in [0.1, 0.15) is 11.5 Å². The predicted octanol–water partition coefficient (Wildman–Crippen LogP) is 4.71. The van der Waals surface area contributed by atoms with Crippen molar-refractivity contribution < 1.29 is 27.6 Å². The highest BCUT2D eigenvalue weighted by atomic mass is 19.2. The smallest absolute Gasteiger partial charge is 0.262 e. The van der Waals surface area contributed by atoms with E-state index in [1.54, 1.807) is 43.5 Å². The Morgan fingerprint density at radius 3 is 2.31 bits per heavy atom. The number of carbonyl (C=O) groups is 1. The summed E-state index contributed by atoms with van der Waals surface area (Å²) in [6, 6.07) is 17.1. The molecule has 0 aliphatic carbocycles. The van der Waals surface area contributed by atoms with Crippen molar-refractivity contribution in [3.63, 3.8) is 0 Å². The highest BCUT2D eigenvalue weighted by molar-refractivity contribution is 5.91. The molecular formula is C23H17F2N3O4. The quantitative estimate of drug-likeness (QED) is 0.451. The van der Waals surface area contributed by atoms with Crippen LogP contribution >= 0.6 is 0 Å². The molecule has 0 radical (unpaired) electrons. The third-order valence-electron chi connectivity index (χ3n) is 4.45. The van der Waals surface area contributed by atoms with Crippen molar-refractivity contribution in [2.45, 2.75) is 0 Å². The first-order chi connectivity index (χ1) is 15.5. The minimum absolute atomic E-state index is 0.136. The van der Waals surface area contributed by atoms with Gasteiger partial charge in [-0.05, 0) is 60.7 Å². The number of anilines is 1. The molecule has 0 atom stereocenters. The molecule has 0 aliphatic heterocycles. The van der Waals surface area contributed by atoms with E-state index in [2.05, 4.69) is 15.5 Å². The maximum Gasteiger partial charge on any atom is 0.262 e. The molecule has 0 saturated heterocycles. The first kappa shape index (κ1) is 21.0. The van der Waals surface area contributed by atoms with E-state index in [4.69, 9.17) is 14.0 Å². The van der Waals surface area contributed by atoms with Gasteiger partial charge in [-0.3, -0.25) is 4.79 Å². The summed E-state index contributed by atoms with van der Waals surface area (Å²) >= 11 is 0.